The quantitative estimate of drug-likeness (QED) is 0.362. The molecule has 0 bridgehead atoms. The molecule has 2 amide bonds. The third-order valence-electron chi connectivity index (χ3n) is 5.51. The molecule has 0 radical (unpaired) electrons. The minimum atomic E-state index is -0.387. The van der Waals surface area contributed by atoms with Gasteiger partial charge < -0.3 is 9.73 Å². The number of amides is 2. The van der Waals surface area contributed by atoms with E-state index in [1.807, 2.05) is 67.6 Å². The molecule has 10 nitrogen and oxygen atoms in total. The Kier molecular flexibility index (Phi) is 6.48. The van der Waals surface area contributed by atoms with Crippen molar-refractivity contribution in [1.82, 2.24) is 30.5 Å². The molecular weight excluding hydrogens is 458 g/mol. The Morgan fingerprint density at radius 1 is 1.03 bits per heavy atom. The maximum Gasteiger partial charge on any atom is 0.251 e. The largest absolute Gasteiger partial charge is 0.458 e. The lowest BCUT2D eigenvalue weighted by molar-refractivity contribution is -0.124. The van der Waals surface area contributed by atoms with Gasteiger partial charge in [0, 0.05) is 11.9 Å². The molecule has 0 unspecified atom stereocenters. The molecule has 0 aliphatic heterocycles. The Morgan fingerprint density at radius 3 is 2.64 bits per heavy atom. The summed E-state index contributed by atoms with van der Waals surface area (Å²) in [6.07, 6.45) is 1.58. The van der Waals surface area contributed by atoms with Crippen LogP contribution in [0.3, 0.4) is 0 Å². The van der Waals surface area contributed by atoms with E-state index in [1.165, 1.54) is 9.70 Å². The molecule has 1 N–H and O–H groups in total. The van der Waals surface area contributed by atoms with E-state index in [4.69, 9.17) is 4.42 Å². The molecule has 10 heteroatoms. The summed E-state index contributed by atoms with van der Waals surface area (Å²) in [7, 11) is 0. The van der Waals surface area contributed by atoms with Gasteiger partial charge in [-0.25, -0.2) is 0 Å². The summed E-state index contributed by atoms with van der Waals surface area (Å²) in [6.45, 7) is 1.76. The van der Waals surface area contributed by atoms with Crippen LogP contribution in [0, 0.1) is 6.92 Å². The number of carbonyl (C=O) groups excluding carboxylic acids is 2. The first kappa shape index (κ1) is 22.9. The molecule has 5 aromatic rings. The number of aryl methyl sites for hydroxylation is 1. The van der Waals surface area contributed by atoms with Gasteiger partial charge in [-0.3, -0.25) is 19.5 Å². The Balaban J connectivity index is 1.36. The van der Waals surface area contributed by atoms with Crippen LogP contribution in [0.1, 0.15) is 11.3 Å². The van der Waals surface area contributed by atoms with E-state index in [0.29, 0.717) is 23.8 Å². The van der Waals surface area contributed by atoms with Gasteiger partial charge in [0.15, 0.2) is 5.76 Å². The molecule has 0 saturated carbocycles. The van der Waals surface area contributed by atoms with Crippen molar-refractivity contribution in [3.63, 3.8) is 0 Å². The second-order valence-electron chi connectivity index (χ2n) is 8.18. The number of fused-ring (bicyclic) bond motifs is 1. The normalized spacial score (nSPS) is 10.9. The zero-order valence-electron chi connectivity index (χ0n) is 19.5. The number of nitrogens with zero attached hydrogens (tertiary/aromatic N) is 6. The number of carbonyl (C=O) groups is 2. The van der Waals surface area contributed by atoms with Gasteiger partial charge in [-0.15, -0.1) is 10.2 Å². The van der Waals surface area contributed by atoms with Crippen molar-refractivity contribution >= 4 is 28.4 Å². The first-order valence-electron chi connectivity index (χ1n) is 11.4. The van der Waals surface area contributed by atoms with E-state index in [9.17, 15) is 9.59 Å². The number of aromatic nitrogens is 5. The smallest absolute Gasteiger partial charge is 0.251 e. The van der Waals surface area contributed by atoms with Gasteiger partial charge in [-0.2, -0.15) is 4.80 Å². The number of rotatable bonds is 8. The van der Waals surface area contributed by atoms with Crippen molar-refractivity contribution < 1.29 is 14.0 Å². The van der Waals surface area contributed by atoms with E-state index in [0.717, 1.165) is 16.5 Å². The van der Waals surface area contributed by atoms with Crippen LogP contribution in [0.5, 0.6) is 0 Å². The lowest BCUT2D eigenvalue weighted by Gasteiger charge is -2.22. The Hall–Kier alpha value is -4.86. The topological polar surface area (TPSA) is 119 Å². The Labute approximate surface area is 206 Å². The molecule has 0 aliphatic rings. The maximum atomic E-state index is 13.4. The number of benzene rings is 2. The van der Waals surface area contributed by atoms with Gasteiger partial charge in [-0.1, -0.05) is 48.5 Å². The molecule has 0 spiro atoms. The van der Waals surface area contributed by atoms with E-state index >= 15 is 0 Å². The number of hydrogen-bond donors (Lipinski definition) is 1. The number of tetrazole rings is 1. The molecule has 5 rings (SSSR count). The van der Waals surface area contributed by atoms with Crippen molar-refractivity contribution in [3.8, 4) is 11.6 Å². The zero-order chi connectivity index (χ0) is 24.9. The summed E-state index contributed by atoms with van der Waals surface area (Å²) >= 11 is 0. The number of nitrogens with one attached hydrogen (secondary N) is 1. The highest BCUT2D eigenvalue weighted by Gasteiger charge is 2.22. The maximum absolute atomic E-state index is 13.4. The lowest BCUT2D eigenvalue weighted by atomic mass is 10.2. The van der Waals surface area contributed by atoms with Crippen LogP contribution in [0.4, 0.5) is 5.69 Å². The van der Waals surface area contributed by atoms with Gasteiger partial charge in [0.1, 0.15) is 18.8 Å². The second-order valence-corrected chi connectivity index (χ2v) is 8.18. The highest BCUT2D eigenvalue weighted by atomic mass is 16.3. The summed E-state index contributed by atoms with van der Waals surface area (Å²) in [5.74, 6) is 0.756. The number of hydrogen-bond acceptors (Lipinski definition) is 7. The van der Waals surface area contributed by atoms with Crippen LogP contribution in [0.25, 0.3) is 22.5 Å². The van der Waals surface area contributed by atoms with Crippen LogP contribution in [-0.4, -0.2) is 43.6 Å². The highest BCUT2D eigenvalue weighted by molar-refractivity contribution is 5.99. The average Bonchev–Trinajstić information content (AvgIpc) is 3.55. The predicted octanol–water partition coefficient (Wildman–Crippen LogP) is 3.14. The number of furan rings is 1. The van der Waals surface area contributed by atoms with Gasteiger partial charge >= 0.3 is 0 Å². The van der Waals surface area contributed by atoms with Crippen LogP contribution < -0.4 is 10.2 Å². The number of para-hydroxylation sites is 1. The predicted molar refractivity (Wildman–Crippen MR) is 133 cm³/mol. The Bertz CT molecular complexity index is 1510. The molecule has 0 fully saturated rings. The fraction of sp³-hybridized carbons (Fsp3) is 0.154. The Morgan fingerprint density at radius 2 is 1.83 bits per heavy atom. The standard InChI is InChI=1S/C26H23N7O3/c1-18-11-12-23(36-18)26-29-31-33(30-26)17-25(35)32(16-24(34)28-14-19-7-3-2-4-8-19)21-13-20-9-5-6-10-22(20)27-15-21/h2-13,15H,14,16-17H2,1H3,(H,28,34). The number of anilines is 1. The van der Waals surface area contributed by atoms with Gasteiger partial charge in [0.05, 0.1) is 17.4 Å². The van der Waals surface area contributed by atoms with Crippen molar-refractivity contribution in [2.24, 2.45) is 0 Å². The van der Waals surface area contributed by atoms with Crippen molar-refractivity contribution in [2.45, 2.75) is 20.0 Å². The molecule has 3 heterocycles. The number of pyridine rings is 1. The summed E-state index contributed by atoms with van der Waals surface area (Å²) in [5.41, 5.74) is 2.25. The molecule has 3 aromatic heterocycles. The van der Waals surface area contributed by atoms with Gasteiger partial charge in [-0.05, 0) is 42.0 Å². The summed E-state index contributed by atoms with van der Waals surface area (Å²) in [4.78, 5) is 33.2. The van der Waals surface area contributed by atoms with Crippen LogP contribution in [-0.2, 0) is 22.7 Å². The molecule has 0 saturated heterocycles. The van der Waals surface area contributed by atoms with Crippen molar-refractivity contribution in [1.29, 1.82) is 0 Å². The average molecular weight is 482 g/mol. The monoisotopic (exact) mass is 481 g/mol. The van der Waals surface area contributed by atoms with E-state index in [1.54, 1.807) is 18.3 Å². The molecule has 2 aromatic carbocycles. The van der Waals surface area contributed by atoms with Crippen molar-refractivity contribution in [3.05, 3.63) is 90.3 Å². The van der Waals surface area contributed by atoms with Crippen LogP contribution in [0.2, 0.25) is 0 Å². The van der Waals surface area contributed by atoms with Gasteiger partial charge in [0.25, 0.3) is 5.91 Å². The fourth-order valence-electron chi connectivity index (χ4n) is 3.70. The van der Waals surface area contributed by atoms with E-state index in [-0.39, 0.29) is 30.7 Å². The van der Waals surface area contributed by atoms with E-state index in [2.05, 4.69) is 25.7 Å². The zero-order valence-corrected chi connectivity index (χ0v) is 19.5. The van der Waals surface area contributed by atoms with E-state index < -0.39 is 0 Å². The minimum Gasteiger partial charge on any atom is -0.458 e. The minimum absolute atomic E-state index is 0.190. The molecule has 36 heavy (non-hydrogen) atoms. The summed E-state index contributed by atoms with van der Waals surface area (Å²) in [6, 6.07) is 22.5. The highest BCUT2D eigenvalue weighted by Crippen LogP contribution is 2.21. The molecular formula is C26H23N7O3. The lowest BCUT2D eigenvalue weighted by Crippen LogP contribution is -2.42. The summed E-state index contributed by atoms with van der Waals surface area (Å²) < 4.78 is 5.53. The van der Waals surface area contributed by atoms with Crippen LogP contribution >= 0.6 is 0 Å². The van der Waals surface area contributed by atoms with Gasteiger partial charge in [0.2, 0.25) is 11.7 Å². The van der Waals surface area contributed by atoms with Crippen molar-refractivity contribution in [2.75, 3.05) is 11.4 Å². The van der Waals surface area contributed by atoms with Crippen LogP contribution in [0.15, 0.2) is 83.4 Å². The first-order chi connectivity index (χ1) is 17.5. The second kappa shape index (κ2) is 10.2. The molecule has 0 atom stereocenters. The third kappa shape index (κ3) is 5.27. The first-order valence-corrected chi connectivity index (χ1v) is 11.4. The fourth-order valence-corrected chi connectivity index (χ4v) is 3.70. The third-order valence-corrected chi connectivity index (χ3v) is 5.51. The molecule has 180 valence electrons. The molecule has 0 aliphatic carbocycles. The summed E-state index contributed by atoms with van der Waals surface area (Å²) in [5, 5.41) is 15.9. The SMILES string of the molecule is Cc1ccc(-c2nnn(CC(=O)N(CC(=O)NCc3ccccc3)c3cnc4ccccc4c3)n2)o1.